The fraction of sp³-hybridized carbons (Fsp3) is 0.364. The molecule has 0 fully saturated rings. The molecule has 0 bridgehead atoms. The van der Waals surface area contributed by atoms with Crippen LogP contribution in [-0.2, 0) is 6.42 Å². The summed E-state index contributed by atoms with van der Waals surface area (Å²) in [4.78, 5) is 18.9. The average molecular weight is 248 g/mol. The van der Waals surface area contributed by atoms with E-state index in [9.17, 15) is 4.79 Å². The molecule has 2 rings (SSSR count). The smallest absolute Gasteiger partial charge is 0.273 e. The molecule has 0 aliphatic carbocycles. The number of anilines is 1. The van der Waals surface area contributed by atoms with Gasteiger partial charge in [0, 0.05) is 25.4 Å². The van der Waals surface area contributed by atoms with E-state index in [2.05, 4.69) is 25.5 Å². The lowest BCUT2D eigenvalue weighted by Gasteiger charge is -2.02. The molecule has 5 N–H and O–H groups in total. The number of aromatic amines is 2. The van der Waals surface area contributed by atoms with Gasteiger partial charge in [0.15, 0.2) is 5.69 Å². The maximum absolute atomic E-state index is 11.7. The number of H-pyrrole nitrogens is 2. The summed E-state index contributed by atoms with van der Waals surface area (Å²) >= 11 is 0. The number of carbonyl (C=O) groups is 1. The Hall–Kier alpha value is -2.31. The molecule has 0 aromatic carbocycles. The SMILES string of the molecule is Cc1[nH]nc(C(=O)NCCCc2ncc[nH]2)c1N. The molecule has 0 aliphatic heterocycles. The van der Waals surface area contributed by atoms with E-state index in [4.69, 9.17) is 5.73 Å². The van der Waals surface area contributed by atoms with Crippen molar-refractivity contribution in [3.63, 3.8) is 0 Å². The second-order valence-electron chi connectivity index (χ2n) is 4.01. The largest absolute Gasteiger partial charge is 0.395 e. The molecule has 1 amide bonds. The third-order valence-electron chi connectivity index (χ3n) is 2.64. The summed E-state index contributed by atoms with van der Waals surface area (Å²) < 4.78 is 0. The molecular weight excluding hydrogens is 232 g/mol. The van der Waals surface area contributed by atoms with Crippen LogP contribution >= 0.6 is 0 Å². The first-order chi connectivity index (χ1) is 8.68. The van der Waals surface area contributed by atoms with Gasteiger partial charge in [0.05, 0.1) is 11.4 Å². The fourth-order valence-corrected chi connectivity index (χ4v) is 1.59. The summed E-state index contributed by atoms with van der Waals surface area (Å²) in [7, 11) is 0. The lowest BCUT2D eigenvalue weighted by atomic mass is 10.2. The van der Waals surface area contributed by atoms with Crippen LogP contribution in [0.3, 0.4) is 0 Å². The molecule has 2 aromatic rings. The molecule has 2 aromatic heterocycles. The van der Waals surface area contributed by atoms with Crippen LogP contribution in [0.1, 0.15) is 28.4 Å². The number of hydrogen-bond donors (Lipinski definition) is 4. The highest BCUT2D eigenvalue weighted by Gasteiger charge is 2.14. The second kappa shape index (κ2) is 5.35. The number of nitrogens with two attached hydrogens (primary N) is 1. The van der Waals surface area contributed by atoms with E-state index in [0.29, 0.717) is 17.9 Å². The Bertz CT molecular complexity index is 516. The van der Waals surface area contributed by atoms with E-state index in [0.717, 1.165) is 18.7 Å². The summed E-state index contributed by atoms with van der Waals surface area (Å²) in [5.41, 5.74) is 7.08. The molecule has 0 unspecified atom stereocenters. The van der Waals surface area contributed by atoms with Gasteiger partial charge in [0.25, 0.3) is 5.91 Å². The monoisotopic (exact) mass is 248 g/mol. The number of aryl methyl sites for hydroxylation is 2. The maximum Gasteiger partial charge on any atom is 0.273 e. The third-order valence-corrected chi connectivity index (χ3v) is 2.64. The number of rotatable bonds is 5. The topological polar surface area (TPSA) is 112 Å². The molecule has 0 saturated carbocycles. The highest BCUT2D eigenvalue weighted by Crippen LogP contribution is 2.11. The summed E-state index contributed by atoms with van der Waals surface area (Å²) in [5.74, 6) is 0.663. The first kappa shape index (κ1) is 12.2. The summed E-state index contributed by atoms with van der Waals surface area (Å²) in [5, 5.41) is 9.32. The Balaban J connectivity index is 1.77. The van der Waals surface area contributed by atoms with Gasteiger partial charge in [0.2, 0.25) is 0 Å². The van der Waals surface area contributed by atoms with Crippen LogP contribution < -0.4 is 11.1 Å². The first-order valence-electron chi connectivity index (χ1n) is 5.75. The molecule has 0 radical (unpaired) electrons. The predicted octanol–water partition coefficient (Wildman–Crippen LogP) is 0.386. The number of hydrogen-bond acceptors (Lipinski definition) is 4. The van der Waals surface area contributed by atoms with Crippen molar-refractivity contribution in [2.75, 3.05) is 12.3 Å². The van der Waals surface area contributed by atoms with Crippen molar-refractivity contribution in [1.29, 1.82) is 0 Å². The molecule has 0 atom stereocenters. The minimum absolute atomic E-state index is 0.253. The van der Waals surface area contributed by atoms with Crippen molar-refractivity contribution in [3.8, 4) is 0 Å². The highest BCUT2D eigenvalue weighted by molar-refractivity contribution is 5.97. The number of nitrogen functional groups attached to an aromatic ring is 1. The Kier molecular flexibility index (Phi) is 3.61. The van der Waals surface area contributed by atoms with Gasteiger partial charge in [0.1, 0.15) is 5.82 Å². The summed E-state index contributed by atoms with van der Waals surface area (Å²) in [6.07, 6.45) is 5.09. The number of nitrogens with zero attached hydrogens (tertiary/aromatic N) is 2. The number of aromatic nitrogens is 4. The zero-order chi connectivity index (χ0) is 13.0. The number of nitrogens with one attached hydrogen (secondary N) is 3. The highest BCUT2D eigenvalue weighted by atomic mass is 16.1. The molecular formula is C11H16N6O. The van der Waals surface area contributed by atoms with Crippen LogP contribution in [-0.4, -0.2) is 32.6 Å². The van der Waals surface area contributed by atoms with Crippen LogP contribution in [0.25, 0.3) is 0 Å². The minimum atomic E-state index is -0.253. The first-order valence-corrected chi connectivity index (χ1v) is 5.75. The van der Waals surface area contributed by atoms with Gasteiger partial charge in [-0.15, -0.1) is 0 Å². The Labute approximate surface area is 104 Å². The zero-order valence-corrected chi connectivity index (χ0v) is 10.2. The van der Waals surface area contributed by atoms with Crippen molar-refractivity contribution in [1.82, 2.24) is 25.5 Å². The van der Waals surface area contributed by atoms with Crippen molar-refractivity contribution in [2.45, 2.75) is 19.8 Å². The van der Waals surface area contributed by atoms with E-state index in [1.54, 1.807) is 19.3 Å². The van der Waals surface area contributed by atoms with Crippen LogP contribution in [0.15, 0.2) is 12.4 Å². The Morgan fingerprint density at radius 3 is 3.00 bits per heavy atom. The van der Waals surface area contributed by atoms with Gasteiger partial charge in [-0.1, -0.05) is 0 Å². The lowest BCUT2D eigenvalue weighted by Crippen LogP contribution is -2.26. The Morgan fingerprint density at radius 2 is 2.39 bits per heavy atom. The van der Waals surface area contributed by atoms with E-state index in [1.807, 2.05) is 0 Å². The van der Waals surface area contributed by atoms with E-state index in [-0.39, 0.29) is 11.6 Å². The number of imidazole rings is 1. The van der Waals surface area contributed by atoms with Gasteiger partial charge in [-0.25, -0.2) is 4.98 Å². The molecule has 96 valence electrons. The van der Waals surface area contributed by atoms with Crippen molar-refractivity contribution in [2.24, 2.45) is 0 Å². The molecule has 7 nitrogen and oxygen atoms in total. The molecule has 0 aliphatic rings. The van der Waals surface area contributed by atoms with Gasteiger partial charge in [-0.3, -0.25) is 9.89 Å². The quantitative estimate of drug-likeness (QED) is 0.573. The second-order valence-corrected chi connectivity index (χ2v) is 4.01. The number of carbonyl (C=O) groups excluding carboxylic acids is 1. The predicted molar refractivity (Wildman–Crippen MR) is 67.0 cm³/mol. The van der Waals surface area contributed by atoms with Crippen molar-refractivity contribution >= 4 is 11.6 Å². The summed E-state index contributed by atoms with van der Waals surface area (Å²) in [6.45, 7) is 2.33. The van der Waals surface area contributed by atoms with Crippen LogP contribution in [0.2, 0.25) is 0 Å². The number of amides is 1. The van der Waals surface area contributed by atoms with Crippen LogP contribution in [0, 0.1) is 6.92 Å². The van der Waals surface area contributed by atoms with Crippen LogP contribution in [0.4, 0.5) is 5.69 Å². The van der Waals surface area contributed by atoms with Crippen LogP contribution in [0.5, 0.6) is 0 Å². The minimum Gasteiger partial charge on any atom is -0.395 e. The van der Waals surface area contributed by atoms with Gasteiger partial charge < -0.3 is 16.0 Å². The molecule has 0 spiro atoms. The molecule has 0 saturated heterocycles. The Morgan fingerprint density at radius 1 is 1.56 bits per heavy atom. The third kappa shape index (κ3) is 2.68. The normalized spacial score (nSPS) is 10.5. The molecule has 7 heteroatoms. The fourth-order valence-electron chi connectivity index (χ4n) is 1.59. The van der Waals surface area contributed by atoms with E-state index >= 15 is 0 Å². The van der Waals surface area contributed by atoms with Crippen molar-refractivity contribution < 1.29 is 4.79 Å². The zero-order valence-electron chi connectivity index (χ0n) is 10.2. The molecule has 2 heterocycles. The van der Waals surface area contributed by atoms with Gasteiger partial charge in [-0.05, 0) is 13.3 Å². The average Bonchev–Trinajstić information content (AvgIpc) is 2.97. The molecule has 18 heavy (non-hydrogen) atoms. The van der Waals surface area contributed by atoms with E-state index in [1.165, 1.54) is 0 Å². The van der Waals surface area contributed by atoms with E-state index < -0.39 is 0 Å². The maximum atomic E-state index is 11.7. The van der Waals surface area contributed by atoms with Gasteiger partial charge in [-0.2, -0.15) is 5.10 Å². The standard InChI is InChI=1S/C11H16N6O/c1-7-9(12)10(17-16-7)11(18)15-4-2-3-8-13-5-6-14-8/h5-6H,2-4,12H2,1H3,(H,13,14)(H,15,18)(H,16,17). The summed E-state index contributed by atoms with van der Waals surface area (Å²) in [6, 6.07) is 0. The lowest BCUT2D eigenvalue weighted by molar-refractivity contribution is 0.0949. The van der Waals surface area contributed by atoms with Crippen molar-refractivity contribution in [3.05, 3.63) is 29.6 Å². The van der Waals surface area contributed by atoms with Gasteiger partial charge >= 0.3 is 0 Å².